The lowest BCUT2D eigenvalue weighted by Gasteiger charge is -2.09. The number of furan rings is 1. The number of benzene rings is 6. The molecule has 0 fully saturated rings. The SMILES string of the molecule is c1ccc(-c2nc(-c3cccc4c3oc3ccccc34)nc3sc4cc5c6ccccc6n(-c6ccccc6)c5cc4c23)cc1. The third-order valence-corrected chi connectivity index (χ3v) is 9.88. The van der Waals surface area contributed by atoms with E-state index in [-0.39, 0.29) is 0 Å². The summed E-state index contributed by atoms with van der Waals surface area (Å²) < 4.78 is 9.98. The number of rotatable bonds is 3. The fraction of sp³-hybridized carbons (Fsp3) is 0. The van der Waals surface area contributed by atoms with E-state index in [9.17, 15) is 0 Å². The smallest absolute Gasteiger partial charge is 0.165 e. The van der Waals surface area contributed by atoms with Gasteiger partial charge in [0.05, 0.1) is 22.3 Å². The first-order valence-corrected chi connectivity index (χ1v) is 15.8. The van der Waals surface area contributed by atoms with Crippen LogP contribution < -0.4 is 0 Å². The number of thiophene rings is 1. The predicted octanol–water partition coefficient (Wildman–Crippen LogP) is 11.2. The average molecular weight is 594 g/mol. The maximum absolute atomic E-state index is 6.41. The maximum Gasteiger partial charge on any atom is 0.165 e. The molecule has 10 rings (SSSR count). The van der Waals surface area contributed by atoms with Gasteiger partial charge in [0.1, 0.15) is 16.0 Å². The Bertz CT molecular complexity index is 2760. The van der Waals surface area contributed by atoms with Gasteiger partial charge in [-0.15, -0.1) is 11.3 Å². The maximum atomic E-state index is 6.41. The largest absolute Gasteiger partial charge is 0.455 e. The molecule has 45 heavy (non-hydrogen) atoms. The second-order valence-corrected chi connectivity index (χ2v) is 12.4. The first-order chi connectivity index (χ1) is 22.3. The number of para-hydroxylation sites is 4. The second-order valence-electron chi connectivity index (χ2n) is 11.4. The van der Waals surface area contributed by atoms with Crippen LogP contribution in [-0.2, 0) is 0 Å². The van der Waals surface area contributed by atoms with Gasteiger partial charge in [0.2, 0.25) is 0 Å². The van der Waals surface area contributed by atoms with Crippen LogP contribution in [0.2, 0.25) is 0 Å². The summed E-state index contributed by atoms with van der Waals surface area (Å²) in [4.78, 5) is 11.5. The molecule has 10 aromatic rings. The zero-order valence-electron chi connectivity index (χ0n) is 23.9. The fourth-order valence-corrected chi connectivity index (χ4v) is 7.94. The van der Waals surface area contributed by atoms with Crippen molar-refractivity contribution in [3.63, 3.8) is 0 Å². The summed E-state index contributed by atoms with van der Waals surface area (Å²) in [6.07, 6.45) is 0. The van der Waals surface area contributed by atoms with Gasteiger partial charge in [0.25, 0.3) is 0 Å². The topological polar surface area (TPSA) is 43.9 Å². The number of hydrogen-bond acceptors (Lipinski definition) is 4. The summed E-state index contributed by atoms with van der Waals surface area (Å²) in [6.45, 7) is 0. The second kappa shape index (κ2) is 9.36. The van der Waals surface area contributed by atoms with Crippen molar-refractivity contribution >= 4 is 75.4 Å². The van der Waals surface area contributed by atoms with E-state index in [1.54, 1.807) is 11.3 Å². The number of fused-ring (bicyclic) bond motifs is 9. The van der Waals surface area contributed by atoms with Gasteiger partial charge in [-0.25, -0.2) is 9.97 Å². The Morgan fingerprint density at radius 3 is 2.16 bits per heavy atom. The van der Waals surface area contributed by atoms with Crippen molar-refractivity contribution in [3.8, 4) is 28.3 Å². The van der Waals surface area contributed by atoms with E-state index >= 15 is 0 Å². The van der Waals surface area contributed by atoms with E-state index in [2.05, 4.69) is 120 Å². The van der Waals surface area contributed by atoms with Crippen LogP contribution in [-0.4, -0.2) is 14.5 Å². The van der Waals surface area contributed by atoms with Crippen molar-refractivity contribution in [1.82, 2.24) is 14.5 Å². The van der Waals surface area contributed by atoms with E-state index in [0.717, 1.165) is 60.0 Å². The normalized spacial score (nSPS) is 12.0. The molecule has 0 bridgehead atoms. The zero-order chi connectivity index (χ0) is 29.5. The minimum atomic E-state index is 0.668. The monoisotopic (exact) mass is 593 g/mol. The Kier molecular flexibility index (Phi) is 5.12. The van der Waals surface area contributed by atoms with Crippen molar-refractivity contribution in [2.45, 2.75) is 0 Å². The van der Waals surface area contributed by atoms with Gasteiger partial charge in [-0.1, -0.05) is 97.1 Å². The Labute approximate surface area is 261 Å². The lowest BCUT2D eigenvalue weighted by Crippen LogP contribution is -1.94. The van der Waals surface area contributed by atoms with Gasteiger partial charge in [-0.05, 0) is 42.5 Å². The summed E-state index contributed by atoms with van der Waals surface area (Å²) in [5, 5.41) is 6.87. The molecule has 0 amide bonds. The predicted molar refractivity (Wildman–Crippen MR) is 187 cm³/mol. The molecule has 0 aliphatic rings. The van der Waals surface area contributed by atoms with E-state index in [1.165, 1.54) is 26.5 Å². The van der Waals surface area contributed by atoms with Crippen molar-refractivity contribution in [2.75, 3.05) is 0 Å². The van der Waals surface area contributed by atoms with Crippen molar-refractivity contribution in [2.24, 2.45) is 0 Å². The molecule has 5 heteroatoms. The van der Waals surface area contributed by atoms with E-state index in [0.29, 0.717) is 5.82 Å². The van der Waals surface area contributed by atoms with Crippen molar-refractivity contribution in [3.05, 3.63) is 140 Å². The standard InChI is InChI=1S/C40H23N3OS/c1-3-12-24(13-4-1)37-36-31-22-33-30(26-16-7-9-20-32(26)43(33)25-14-5-2-6-15-25)23-35(31)45-40(36)42-39(41-37)29-19-11-18-28-27-17-8-10-21-34(27)44-38(28)29/h1-23H. The van der Waals surface area contributed by atoms with Crippen LogP contribution >= 0.6 is 11.3 Å². The Hall–Kier alpha value is -5.78. The summed E-state index contributed by atoms with van der Waals surface area (Å²) in [5.74, 6) is 0.668. The highest BCUT2D eigenvalue weighted by molar-refractivity contribution is 7.25. The lowest BCUT2D eigenvalue weighted by molar-refractivity contribution is 0.669. The van der Waals surface area contributed by atoms with E-state index in [4.69, 9.17) is 14.4 Å². The summed E-state index contributed by atoms with van der Waals surface area (Å²) in [5.41, 5.74) is 8.07. The molecule has 0 atom stereocenters. The molecule has 0 N–H and O–H groups in total. The highest BCUT2D eigenvalue weighted by Crippen LogP contribution is 2.44. The highest BCUT2D eigenvalue weighted by Gasteiger charge is 2.21. The minimum Gasteiger partial charge on any atom is -0.455 e. The third kappa shape index (κ3) is 3.59. The summed E-state index contributed by atoms with van der Waals surface area (Å²) in [7, 11) is 0. The van der Waals surface area contributed by atoms with Crippen LogP contribution in [0.3, 0.4) is 0 Å². The third-order valence-electron chi connectivity index (χ3n) is 8.83. The van der Waals surface area contributed by atoms with Gasteiger partial charge < -0.3 is 8.98 Å². The number of aromatic nitrogens is 3. The first kappa shape index (κ1) is 24.6. The summed E-state index contributed by atoms with van der Waals surface area (Å²) in [6, 6.07) is 48.8. The molecular weight excluding hydrogens is 571 g/mol. The Morgan fingerprint density at radius 2 is 1.29 bits per heavy atom. The van der Waals surface area contributed by atoms with Crippen LogP contribution in [0.1, 0.15) is 0 Å². The van der Waals surface area contributed by atoms with Gasteiger partial charge in [0, 0.05) is 48.3 Å². The molecule has 210 valence electrons. The molecule has 0 aliphatic heterocycles. The zero-order valence-corrected chi connectivity index (χ0v) is 24.8. The Morgan fingerprint density at radius 1 is 0.556 bits per heavy atom. The van der Waals surface area contributed by atoms with Crippen LogP contribution in [0, 0.1) is 0 Å². The van der Waals surface area contributed by atoms with Crippen molar-refractivity contribution in [1.29, 1.82) is 0 Å². The number of hydrogen-bond donors (Lipinski definition) is 0. The molecule has 4 nitrogen and oxygen atoms in total. The molecule has 0 aliphatic carbocycles. The molecule has 0 saturated carbocycles. The van der Waals surface area contributed by atoms with Crippen LogP contribution in [0.5, 0.6) is 0 Å². The van der Waals surface area contributed by atoms with Crippen molar-refractivity contribution < 1.29 is 4.42 Å². The van der Waals surface area contributed by atoms with E-state index in [1.807, 2.05) is 24.3 Å². The molecule has 0 spiro atoms. The van der Waals surface area contributed by atoms with Crippen LogP contribution in [0.15, 0.2) is 144 Å². The average Bonchev–Trinajstić information content (AvgIpc) is 3.76. The summed E-state index contributed by atoms with van der Waals surface area (Å²) >= 11 is 1.73. The molecule has 4 heterocycles. The van der Waals surface area contributed by atoms with Gasteiger partial charge in [-0.3, -0.25) is 0 Å². The molecule has 0 saturated heterocycles. The first-order valence-electron chi connectivity index (χ1n) is 15.0. The minimum absolute atomic E-state index is 0.668. The lowest BCUT2D eigenvalue weighted by atomic mass is 10.0. The van der Waals surface area contributed by atoms with Gasteiger partial charge in [0.15, 0.2) is 5.82 Å². The molecule has 0 radical (unpaired) electrons. The Balaban J connectivity index is 1.31. The van der Waals surface area contributed by atoms with Gasteiger partial charge >= 0.3 is 0 Å². The quantitative estimate of drug-likeness (QED) is 0.205. The van der Waals surface area contributed by atoms with Crippen LogP contribution in [0.4, 0.5) is 0 Å². The highest BCUT2D eigenvalue weighted by atomic mass is 32.1. The number of nitrogens with zero attached hydrogens (tertiary/aromatic N) is 3. The molecule has 0 unspecified atom stereocenters. The molecule has 6 aromatic carbocycles. The molecular formula is C40H23N3OS. The van der Waals surface area contributed by atoms with E-state index < -0.39 is 0 Å². The van der Waals surface area contributed by atoms with Gasteiger partial charge in [-0.2, -0.15) is 0 Å². The van der Waals surface area contributed by atoms with Crippen LogP contribution in [0.25, 0.3) is 92.4 Å². The molecule has 4 aromatic heterocycles. The fourth-order valence-electron chi connectivity index (χ4n) is 6.84.